The predicted octanol–water partition coefficient (Wildman–Crippen LogP) is 0.410. The van der Waals surface area contributed by atoms with Crippen molar-refractivity contribution in [2.45, 2.75) is 39.3 Å². The first-order valence-electron chi connectivity index (χ1n) is 7.65. The third kappa shape index (κ3) is 5.51. The van der Waals surface area contributed by atoms with Gasteiger partial charge in [0.25, 0.3) is 0 Å². The summed E-state index contributed by atoms with van der Waals surface area (Å²) in [5.41, 5.74) is 1.09. The molecule has 1 N–H and O–H groups in total. The Balaban J connectivity index is 0.00000242. The predicted molar refractivity (Wildman–Crippen MR) is 84.5 cm³/mol. The van der Waals surface area contributed by atoms with Gasteiger partial charge in [0.05, 0.1) is 24.3 Å². The molecule has 1 saturated heterocycles. The molecule has 0 radical (unpaired) electrons. The largest absolute Gasteiger partial charge is 1.00 e. The van der Waals surface area contributed by atoms with Crippen molar-refractivity contribution in [3.63, 3.8) is 0 Å². The van der Waals surface area contributed by atoms with E-state index in [0.717, 1.165) is 38.1 Å². The van der Waals surface area contributed by atoms with Crippen molar-refractivity contribution in [2.24, 2.45) is 0 Å². The molecule has 0 saturated carbocycles. The van der Waals surface area contributed by atoms with E-state index < -0.39 is 0 Å². The van der Waals surface area contributed by atoms with Crippen LogP contribution in [0.3, 0.4) is 0 Å². The van der Waals surface area contributed by atoms with Crippen LogP contribution in [-0.4, -0.2) is 32.5 Å². The molecule has 0 bridgehead atoms. The first-order chi connectivity index (χ1) is 10.2. The van der Waals surface area contributed by atoms with Gasteiger partial charge in [-0.05, 0) is 44.4 Å². The van der Waals surface area contributed by atoms with Crippen LogP contribution in [0.1, 0.15) is 32.3 Å². The number of nitrogens with one attached hydrogen (secondary N) is 1. The monoisotopic (exact) mass is 348 g/mol. The van der Waals surface area contributed by atoms with Crippen molar-refractivity contribution < 1.29 is 26.6 Å². The molecule has 2 rings (SSSR count). The van der Waals surface area contributed by atoms with Crippen molar-refractivity contribution in [1.29, 1.82) is 0 Å². The molecule has 1 heterocycles. The minimum atomic E-state index is 0. The Labute approximate surface area is 143 Å². The second kappa shape index (κ2) is 10.2. The van der Waals surface area contributed by atoms with Gasteiger partial charge in [-0.25, -0.2) is 0 Å². The molecule has 0 amide bonds. The maximum absolute atomic E-state index is 6.30. The van der Waals surface area contributed by atoms with Gasteiger partial charge in [-0.15, -0.1) is 0 Å². The highest BCUT2D eigenvalue weighted by atomic mass is 35.5. The molecule has 0 spiro atoms. The van der Waals surface area contributed by atoms with Crippen LogP contribution >= 0.6 is 11.6 Å². The zero-order valence-electron chi connectivity index (χ0n) is 13.2. The molecular weight excluding hydrogens is 325 g/mol. The van der Waals surface area contributed by atoms with Crippen LogP contribution in [0.4, 0.5) is 0 Å². The lowest BCUT2D eigenvalue weighted by Gasteiger charge is -2.15. The second-order valence-electron chi connectivity index (χ2n) is 5.04. The lowest BCUT2D eigenvalue weighted by atomic mass is 10.2. The maximum Gasteiger partial charge on any atom is 0.179 e. The number of rotatable bonds is 8. The third-order valence-corrected chi connectivity index (χ3v) is 3.66. The summed E-state index contributed by atoms with van der Waals surface area (Å²) >= 11 is 6.30. The molecule has 0 aliphatic carbocycles. The van der Waals surface area contributed by atoms with Gasteiger partial charge in [-0.1, -0.05) is 11.6 Å². The Morgan fingerprint density at radius 2 is 2.05 bits per heavy atom. The van der Waals surface area contributed by atoms with Crippen LogP contribution in [-0.2, 0) is 11.3 Å². The standard InChI is InChI=1S/C16H24ClNO3.ClH/c1-3-19-15-9-12(8-14(17)16(15)20-4-2)10-18-11-13-6-5-7-21-13;/h8-9,13,18H,3-7,10-11H2,1-2H3;1H/p-1. The number of benzene rings is 1. The van der Waals surface area contributed by atoms with E-state index in [-0.39, 0.29) is 12.4 Å². The van der Waals surface area contributed by atoms with Crippen LogP contribution in [0, 0.1) is 0 Å². The van der Waals surface area contributed by atoms with Gasteiger partial charge >= 0.3 is 0 Å². The fourth-order valence-corrected chi connectivity index (χ4v) is 2.74. The topological polar surface area (TPSA) is 39.7 Å². The highest BCUT2D eigenvalue weighted by molar-refractivity contribution is 6.32. The van der Waals surface area contributed by atoms with E-state index in [1.807, 2.05) is 26.0 Å². The number of halogens is 2. The van der Waals surface area contributed by atoms with E-state index in [9.17, 15) is 0 Å². The Morgan fingerprint density at radius 3 is 2.68 bits per heavy atom. The van der Waals surface area contributed by atoms with Gasteiger partial charge in [-0.3, -0.25) is 0 Å². The normalized spacial score (nSPS) is 17.1. The van der Waals surface area contributed by atoms with Crippen molar-refractivity contribution in [2.75, 3.05) is 26.4 Å². The average Bonchev–Trinajstić information content (AvgIpc) is 2.96. The molecule has 1 aliphatic heterocycles. The van der Waals surface area contributed by atoms with Gasteiger partial charge < -0.3 is 31.9 Å². The van der Waals surface area contributed by atoms with E-state index in [1.165, 1.54) is 0 Å². The lowest BCUT2D eigenvalue weighted by molar-refractivity contribution is -0.00000656. The van der Waals surface area contributed by atoms with E-state index in [4.69, 9.17) is 25.8 Å². The van der Waals surface area contributed by atoms with E-state index in [0.29, 0.717) is 35.8 Å². The molecule has 1 aromatic carbocycles. The van der Waals surface area contributed by atoms with Gasteiger partial charge in [0, 0.05) is 19.7 Å². The summed E-state index contributed by atoms with van der Waals surface area (Å²) in [6, 6.07) is 3.92. The van der Waals surface area contributed by atoms with Gasteiger partial charge in [0.1, 0.15) is 0 Å². The first kappa shape index (κ1) is 19.4. The minimum absolute atomic E-state index is 0. The van der Waals surface area contributed by atoms with Crippen molar-refractivity contribution in [1.82, 2.24) is 5.32 Å². The summed E-state index contributed by atoms with van der Waals surface area (Å²) in [6.45, 7) is 7.53. The minimum Gasteiger partial charge on any atom is -1.00 e. The maximum atomic E-state index is 6.30. The summed E-state index contributed by atoms with van der Waals surface area (Å²) in [4.78, 5) is 0. The van der Waals surface area contributed by atoms with Gasteiger partial charge in [-0.2, -0.15) is 0 Å². The Morgan fingerprint density at radius 1 is 1.27 bits per heavy atom. The van der Waals surface area contributed by atoms with E-state index >= 15 is 0 Å². The molecule has 1 unspecified atom stereocenters. The molecule has 22 heavy (non-hydrogen) atoms. The molecule has 6 heteroatoms. The van der Waals surface area contributed by atoms with Crippen LogP contribution in [0.25, 0.3) is 0 Å². The van der Waals surface area contributed by atoms with Gasteiger partial charge in [0.15, 0.2) is 11.5 Å². The fraction of sp³-hybridized carbons (Fsp3) is 0.625. The van der Waals surface area contributed by atoms with Crippen LogP contribution < -0.4 is 27.2 Å². The summed E-state index contributed by atoms with van der Waals surface area (Å²) in [5.74, 6) is 1.34. The van der Waals surface area contributed by atoms with Gasteiger partial charge in [0.2, 0.25) is 0 Å². The van der Waals surface area contributed by atoms with Crippen LogP contribution in [0.2, 0.25) is 5.02 Å². The molecule has 1 aliphatic rings. The summed E-state index contributed by atoms with van der Waals surface area (Å²) < 4.78 is 16.8. The molecule has 1 fully saturated rings. The number of hydrogen-bond donors (Lipinski definition) is 1. The Bertz CT molecular complexity index is 451. The average molecular weight is 349 g/mol. The summed E-state index contributed by atoms with van der Waals surface area (Å²) in [6.07, 6.45) is 2.64. The van der Waals surface area contributed by atoms with Crippen LogP contribution in [0.5, 0.6) is 11.5 Å². The zero-order valence-corrected chi connectivity index (χ0v) is 14.7. The third-order valence-electron chi connectivity index (χ3n) is 3.38. The highest BCUT2D eigenvalue weighted by Crippen LogP contribution is 2.36. The van der Waals surface area contributed by atoms with E-state index in [1.54, 1.807) is 0 Å². The Hall–Kier alpha value is -0.680. The molecule has 0 aromatic heterocycles. The van der Waals surface area contributed by atoms with Crippen LogP contribution in [0.15, 0.2) is 12.1 Å². The highest BCUT2D eigenvalue weighted by Gasteiger charge is 2.15. The Kier molecular flexibility index (Phi) is 8.95. The zero-order chi connectivity index (χ0) is 15.1. The summed E-state index contributed by atoms with van der Waals surface area (Å²) in [7, 11) is 0. The quantitative estimate of drug-likeness (QED) is 0.738. The van der Waals surface area contributed by atoms with E-state index in [2.05, 4.69) is 5.32 Å². The first-order valence-corrected chi connectivity index (χ1v) is 8.02. The molecular formula is C16H24Cl2NO3-. The second-order valence-corrected chi connectivity index (χ2v) is 5.44. The van der Waals surface area contributed by atoms with Crippen molar-refractivity contribution in [3.05, 3.63) is 22.7 Å². The molecule has 1 aromatic rings. The fourth-order valence-electron chi connectivity index (χ4n) is 2.45. The SMILES string of the molecule is CCOc1cc(CNCC2CCCO2)cc(Cl)c1OCC.[Cl-]. The molecule has 1 atom stereocenters. The summed E-state index contributed by atoms with van der Waals surface area (Å²) in [5, 5.41) is 4.01. The van der Waals surface area contributed by atoms with Crippen molar-refractivity contribution >= 4 is 11.6 Å². The van der Waals surface area contributed by atoms with Crippen molar-refractivity contribution in [3.8, 4) is 11.5 Å². The number of hydrogen-bond acceptors (Lipinski definition) is 4. The number of ether oxygens (including phenoxy) is 3. The smallest absolute Gasteiger partial charge is 0.179 e. The molecule has 126 valence electrons. The lowest BCUT2D eigenvalue weighted by Crippen LogP contribution is -3.00. The molecule has 4 nitrogen and oxygen atoms in total.